The minimum absolute atomic E-state index is 0.0137. The van der Waals surface area contributed by atoms with Crippen molar-refractivity contribution in [2.45, 2.75) is 5.03 Å². The molecule has 3 aromatic rings. The first-order chi connectivity index (χ1) is 12.1. The van der Waals surface area contributed by atoms with Crippen LogP contribution in [0.3, 0.4) is 0 Å². The predicted molar refractivity (Wildman–Crippen MR) is 78.6 cm³/mol. The van der Waals surface area contributed by atoms with Crippen molar-refractivity contribution in [1.29, 1.82) is 0 Å². The summed E-state index contributed by atoms with van der Waals surface area (Å²) in [5, 5.41) is -0.471. The number of halogens is 6. The number of nitrogens with zero attached hydrogens (tertiary/aromatic N) is 2. The van der Waals surface area contributed by atoms with Crippen molar-refractivity contribution < 1.29 is 34.6 Å². The molecule has 0 N–H and O–H groups in total. The maximum Gasteiger partial charge on any atom is 0.357 e. The summed E-state index contributed by atoms with van der Waals surface area (Å²) in [4.78, 5) is 7.43. The third-order valence-electron chi connectivity index (χ3n) is 3.13. The average molecular weight is 411 g/mol. The van der Waals surface area contributed by atoms with Gasteiger partial charge >= 0.3 is 10.1 Å². The van der Waals surface area contributed by atoms with E-state index in [4.69, 9.17) is 11.6 Å². The van der Waals surface area contributed by atoms with E-state index in [0.29, 0.717) is 5.39 Å². The van der Waals surface area contributed by atoms with Gasteiger partial charge in [-0.15, -0.1) is 0 Å². The number of hydrogen-bond acceptors (Lipinski definition) is 5. The molecule has 0 unspecified atom stereocenters. The molecule has 2 heterocycles. The lowest BCUT2D eigenvalue weighted by atomic mass is 10.3. The van der Waals surface area contributed by atoms with Gasteiger partial charge in [0.2, 0.25) is 34.8 Å². The summed E-state index contributed by atoms with van der Waals surface area (Å²) >= 11 is 5.66. The highest BCUT2D eigenvalue weighted by atomic mass is 35.5. The zero-order valence-electron chi connectivity index (χ0n) is 12.1. The van der Waals surface area contributed by atoms with Crippen LogP contribution in [0.25, 0.3) is 10.9 Å². The molecule has 3 rings (SSSR count). The minimum atomic E-state index is -5.02. The first kappa shape index (κ1) is 18.3. The first-order valence-corrected chi connectivity index (χ1v) is 8.28. The van der Waals surface area contributed by atoms with Crippen molar-refractivity contribution in [1.82, 2.24) is 9.97 Å². The Balaban J connectivity index is 2.11. The summed E-state index contributed by atoms with van der Waals surface area (Å²) in [6.45, 7) is 0. The van der Waals surface area contributed by atoms with Gasteiger partial charge in [0.1, 0.15) is 5.15 Å². The molecule has 0 amide bonds. The Hall–Kier alpha value is -2.53. The highest BCUT2D eigenvalue weighted by molar-refractivity contribution is 7.87. The molecule has 0 saturated carbocycles. The van der Waals surface area contributed by atoms with E-state index in [9.17, 15) is 30.4 Å². The summed E-state index contributed by atoms with van der Waals surface area (Å²) < 4.78 is 94.9. The van der Waals surface area contributed by atoms with Crippen LogP contribution in [0.4, 0.5) is 22.0 Å². The van der Waals surface area contributed by atoms with Gasteiger partial charge in [-0.25, -0.2) is 23.1 Å². The normalized spacial score (nSPS) is 11.8. The molecule has 136 valence electrons. The standard InChI is InChI=1S/C14H4ClF5N2O3S/c15-7-3-6-5(4-21-7)1-2-8(22-6)26(23,24)25-14-12(19)10(17)9(16)11(18)13(14)20/h1-4H. The first-order valence-electron chi connectivity index (χ1n) is 6.50. The van der Waals surface area contributed by atoms with Crippen LogP contribution in [0.15, 0.2) is 29.4 Å². The number of aromatic nitrogens is 2. The van der Waals surface area contributed by atoms with Crippen LogP contribution in [0.1, 0.15) is 0 Å². The minimum Gasteiger partial charge on any atom is -0.371 e. The molecule has 0 saturated heterocycles. The third kappa shape index (κ3) is 3.03. The van der Waals surface area contributed by atoms with Gasteiger partial charge in [-0.2, -0.15) is 17.2 Å². The van der Waals surface area contributed by atoms with Crippen LogP contribution in [0, 0.1) is 29.1 Å². The Morgan fingerprint density at radius 3 is 2.12 bits per heavy atom. The molecule has 0 spiro atoms. The van der Waals surface area contributed by atoms with E-state index >= 15 is 0 Å². The Morgan fingerprint density at radius 2 is 1.50 bits per heavy atom. The number of benzene rings is 1. The summed E-state index contributed by atoms with van der Waals surface area (Å²) in [5.41, 5.74) is 0.0482. The van der Waals surface area contributed by atoms with Gasteiger partial charge in [0.25, 0.3) is 0 Å². The fraction of sp³-hybridized carbons (Fsp3) is 0. The van der Waals surface area contributed by atoms with E-state index in [1.165, 1.54) is 18.3 Å². The molecule has 12 heteroatoms. The lowest BCUT2D eigenvalue weighted by Crippen LogP contribution is -2.15. The van der Waals surface area contributed by atoms with Crippen molar-refractivity contribution in [2.24, 2.45) is 0 Å². The largest absolute Gasteiger partial charge is 0.371 e. The summed E-state index contributed by atoms with van der Waals surface area (Å²) in [6.07, 6.45) is 1.28. The monoisotopic (exact) mass is 410 g/mol. The molecule has 0 aliphatic heterocycles. The zero-order valence-corrected chi connectivity index (χ0v) is 13.7. The molecule has 26 heavy (non-hydrogen) atoms. The Labute approximate surface area is 147 Å². The third-order valence-corrected chi connectivity index (χ3v) is 4.47. The van der Waals surface area contributed by atoms with E-state index < -0.39 is 50.0 Å². The average Bonchev–Trinajstić information content (AvgIpc) is 2.61. The number of hydrogen-bond donors (Lipinski definition) is 0. The van der Waals surface area contributed by atoms with Crippen molar-refractivity contribution in [2.75, 3.05) is 0 Å². The quantitative estimate of drug-likeness (QED) is 0.216. The lowest BCUT2D eigenvalue weighted by Gasteiger charge is -2.10. The number of pyridine rings is 2. The summed E-state index contributed by atoms with van der Waals surface area (Å²) in [7, 11) is -5.02. The van der Waals surface area contributed by atoms with Gasteiger partial charge in [0.05, 0.1) is 5.52 Å². The maximum atomic E-state index is 13.6. The van der Waals surface area contributed by atoms with Crippen LogP contribution in [0.5, 0.6) is 5.75 Å². The van der Waals surface area contributed by atoms with Gasteiger partial charge in [-0.1, -0.05) is 11.6 Å². The van der Waals surface area contributed by atoms with Gasteiger partial charge < -0.3 is 4.18 Å². The Bertz CT molecular complexity index is 1130. The smallest absolute Gasteiger partial charge is 0.357 e. The van der Waals surface area contributed by atoms with Crippen LogP contribution < -0.4 is 4.18 Å². The fourth-order valence-electron chi connectivity index (χ4n) is 1.92. The molecule has 0 fully saturated rings. The second kappa shape index (κ2) is 6.32. The van der Waals surface area contributed by atoms with Gasteiger partial charge in [0.15, 0.2) is 5.03 Å². The van der Waals surface area contributed by atoms with Gasteiger partial charge in [-0.3, -0.25) is 0 Å². The lowest BCUT2D eigenvalue weighted by molar-refractivity contribution is 0.346. The van der Waals surface area contributed by atoms with Crippen LogP contribution in [-0.4, -0.2) is 18.4 Å². The highest BCUT2D eigenvalue weighted by Crippen LogP contribution is 2.31. The molecular formula is C14H4ClF5N2O3S. The molecule has 0 bridgehead atoms. The zero-order chi connectivity index (χ0) is 19.2. The molecule has 2 aromatic heterocycles. The molecule has 0 radical (unpaired) electrons. The van der Waals surface area contributed by atoms with Crippen molar-refractivity contribution >= 4 is 32.6 Å². The maximum absolute atomic E-state index is 13.6. The Kier molecular flexibility index (Phi) is 4.44. The van der Waals surface area contributed by atoms with E-state index in [1.54, 1.807) is 0 Å². The van der Waals surface area contributed by atoms with Gasteiger partial charge in [-0.05, 0) is 12.1 Å². The van der Waals surface area contributed by atoms with Crippen LogP contribution in [0.2, 0.25) is 5.15 Å². The second-order valence-corrected chi connectivity index (χ2v) is 6.67. The fourth-order valence-corrected chi connectivity index (χ4v) is 2.97. The SMILES string of the molecule is O=S(=O)(Oc1c(F)c(F)c(F)c(F)c1F)c1ccc2cnc(Cl)cc2n1. The highest BCUT2D eigenvalue weighted by Gasteiger charge is 2.31. The van der Waals surface area contributed by atoms with E-state index in [0.717, 1.165) is 6.07 Å². The second-order valence-electron chi connectivity index (χ2n) is 4.79. The molecule has 0 aliphatic carbocycles. The van der Waals surface area contributed by atoms with Crippen molar-refractivity contribution in [3.63, 3.8) is 0 Å². The van der Waals surface area contributed by atoms with E-state index in [-0.39, 0.29) is 10.7 Å². The van der Waals surface area contributed by atoms with Crippen molar-refractivity contribution in [3.05, 3.63) is 58.6 Å². The predicted octanol–water partition coefficient (Wildman–Crippen LogP) is 3.75. The number of rotatable bonds is 3. The van der Waals surface area contributed by atoms with Gasteiger partial charge in [0, 0.05) is 17.6 Å². The van der Waals surface area contributed by atoms with E-state index in [1.807, 2.05) is 0 Å². The molecular weight excluding hydrogens is 407 g/mol. The van der Waals surface area contributed by atoms with E-state index in [2.05, 4.69) is 14.2 Å². The number of fused-ring (bicyclic) bond motifs is 1. The summed E-state index contributed by atoms with van der Waals surface area (Å²) in [6, 6.07) is 3.34. The molecule has 0 atom stereocenters. The molecule has 5 nitrogen and oxygen atoms in total. The topological polar surface area (TPSA) is 69.2 Å². The molecule has 0 aliphatic rings. The molecule has 1 aromatic carbocycles. The summed E-state index contributed by atoms with van der Waals surface area (Å²) in [5.74, 6) is -14.0. The van der Waals surface area contributed by atoms with Crippen molar-refractivity contribution in [3.8, 4) is 5.75 Å². The van der Waals surface area contributed by atoms with Crippen LogP contribution in [-0.2, 0) is 10.1 Å². The van der Waals surface area contributed by atoms with Crippen LogP contribution >= 0.6 is 11.6 Å². The Morgan fingerprint density at radius 1 is 0.923 bits per heavy atom.